The van der Waals surface area contributed by atoms with Crippen molar-refractivity contribution >= 4 is 0 Å². The lowest BCUT2D eigenvalue weighted by Crippen LogP contribution is -2.28. The quantitative estimate of drug-likeness (QED) is 0.583. The van der Waals surface area contributed by atoms with Crippen LogP contribution in [0.25, 0.3) is 0 Å². The largest absolute Gasteiger partial charge is 0.330 e. The lowest BCUT2D eigenvalue weighted by molar-refractivity contribution is 0.293. The second-order valence-electron chi connectivity index (χ2n) is 3.04. The summed E-state index contributed by atoms with van der Waals surface area (Å²) < 4.78 is 0. The number of allylic oxidation sites excluding steroid dienone is 2. The van der Waals surface area contributed by atoms with Gasteiger partial charge in [-0.15, -0.1) is 13.2 Å². The Hall–Kier alpha value is -0.560. The Morgan fingerprint density at radius 2 is 1.73 bits per heavy atom. The summed E-state index contributed by atoms with van der Waals surface area (Å²) in [5.41, 5.74) is 5.92. The van der Waals surface area contributed by atoms with Crippen LogP contribution in [0.2, 0.25) is 0 Å². The van der Waals surface area contributed by atoms with Crippen LogP contribution in [0.4, 0.5) is 0 Å². The Morgan fingerprint density at radius 1 is 1.27 bits per heavy atom. The van der Waals surface area contributed by atoms with Crippen LogP contribution in [-0.4, -0.2) is 6.54 Å². The van der Waals surface area contributed by atoms with Crippen molar-refractivity contribution in [2.75, 3.05) is 6.54 Å². The normalized spacial score (nSPS) is 11.1. The van der Waals surface area contributed by atoms with Gasteiger partial charge in [0.15, 0.2) is 0 Å². The number of hydrogen-bond donors (Lipinski definition) is 1. The van der Waals surface area contributed by atoms with E-state index in [9.17, 15) is 0 Å². The van der Waals surface area contributed by atoms with Crippen LogP contribution < -0.4 is 5.73 Å². The molecule has 0 saturated carbocycles. The van der Waals surface area contributed by atoms with E-state index in [0.717, 1.165) is 25.8 Å². The standard InChI is InChI=1S/C10H19N/c1-4-7-10(6-3,9-11)8-5-2/h4-5H,1-2,6-9,11H2,3H3. The van der Waals surface area contributed by atoms with Gasteiger partial charge in [0.05, 0.1) is 0 Å². The van der Waals surface area contributed by atoms with Crippen molar-refractivity contribution in [3.8, 4) is 0 Å². The molecular formula is C10H19N. The molecule has 0 bridgehead atoms. The predicted molar refractivity (Wildman–Crippen MR) is 51.4 cm³/mol. The van der Waals surface area contributed by atoms with Crippen LogP contribution in [0.3, 0.4) is 0 Å². The lowest BCUT2D eigenvalue weighted by atomic mass is 9.79. The Morgan fingerprint density at radius 3 is 1.91 bits per heavy atom. The molecule has 0 aromatic rings. The van der Waals surface area contributed by atoms with Crippen molar-refractivity contribution in [1.29, 1.82) is 0 Å². The Labute approximate surface area is 70.0 Å². The maximum absolute atomic E-state index is 5.69. The summed E-state index contributed by atoms with van der Waals surface area (Å²) in [5.74, 6) is 0. The molecule has 1 heteroatoms. The van der Waals surface area contributed by atoms with E-state index in [0.29, 0.717) is 0 Å². The first-order valence-corrected chi connectivity index (χ1v) is 4.16. The monoisotopic (exact) mass is 153 g/mol. The molecule has 2 N–H and O–H groups in total. The summed E-state index contributed by atoms with van der Waals surface area (Å²) in [6.45, 7) is 10.4. The molecule has 1 nitrogen and oxygen atoms in total. The van der Waals surface area contributed by atoms with E-state index in [1.165, 1.54) is 0 Å². The first-order chi connectivity index (χ1) is 5.24. The summed E-state index contributed by atoms with van der Waals surface area (Å²) in [6.07, 6.45) is 6.97. The van der Waals surface area contributed by atoms with Gasteiger partial charge in [-0.05, 0) is 31.2 Å². The third-order valence-corrected chi connectivity index (χ3v) is 2.34. The van der Waals surface area contributed by atoms with Gasteiger partial charge in [-0.25, -0.2) is 0 Å². The van der Waals surface area contributed by atoms with Gasteiger partial charge in [-0.3, -0.25) is 0 Å². The second-order valence-corrected chi connectivity index (χ2v) is 3.04. The van der Waals surface area contributed by atoms with Crippen LogP contribution in [0, 0.1) is 5.41 Å². The molecule has 64 valence electrons. The Bertz CT molecular complexity index is 111. The summed E-state index contributed by atoms with van der Waals surface area (Å²) in [6, 6.07) is 0. The van der Waals surface area contributed by atoms with E-state index in [1.807, 2.05) is 12.2 Å². The van der Waals surface area contributed by atoms with Gasteiger partial charge in [0.1, 0.15) is 0 Å². The topological polar surface area (TPSA) is 26.0 Å². The van der Waals surface area contributed by atoms with Crippen LogP contribution in [0.5, 0.6) is 0 Å². The Kier molecular flexibility index (Phi) is 4.88. The van der Waals surface area contributed by atoms with E-state index < -0.39 is 0 Å². The fraction of sp³-hybridized carbons (Fsp3) is 0.600. The molecular weight excluding hydrogens is 134 g/mol. The fourth-order valence-corrected chi connectivity index (χ4v) is 1.30. The summed E-state index contributed by atoms with van der Waals surface area (Å²) in [5, 5.41) is 0. The van der Waals surface area contributed by atoms with E-state index in [-0.39, 0.29) is 5.41 Å². The molecule has 0 aliphatic rings. The van der Waals surface area contributed by atoms with E-state index >= 15 is 0 Å². The average Bonchev–Trinajstić information content (AvgIpc) is 2.04. The minimum Gasteiger partial charge on any atom is -0.330 e. The first kappa shape index (κ1) is 10.4. The highest BCUT2D eigenvalue weighted by molar-refractivity contribution is 4.91. The average molecular weight is 153 g/mol. The molecule has 0 atom stereocenters. The molecule has 0 aliphatic carbocycles. The van der Waals surface area contributed by atoms with Gasteiger partial charge < -0.3 is 5.73 Å². The van der Waals surface area contributed by atoms with E-state index in [1.54, 1.807) is 0 Å². The van der Waals surface area contributed by atoms with Crippen LogP contribution in [0.15, 0.2) is 25.3 Å². The van der Waals surface area contributed by atoms with Crippen molar-refractivity contribution in [3.63, 3.8) is 0 Å². The second kappa shape index (κ2) is 5.14. The van der Waals surface area contributed by atoms with Crippen LogP contribution >= 0.6 is 0 Å². The van der Waals surface area contributed by atoms with Crippen molar-refractivity contribution in [2.24, 2.45) is 11.1 Å². The molecule has 0 radical (unpaired) electrons. The third kappa shape index (κ3) is 2.89. The first-order valence-electron chi connectivity index (χ1n) is 4.16. The molecule has 11 heavy (non-hydrogen) atoms. The highest BCUT2D eigenvalue weighted by Gasteiger charge is 2.22. The van der Waals surface area contributed by atoms with Gasteiger partial charge in [-0.1, -0.05) is 19.1 Å². The number of rotatable bonds is 6. The van der Waals surface area contributed by atoms with Crippen molar-refractivity contribution in [1.82, 2.24) is 0 Å². The highest BCUT2D eigenvalue weighted by atomic mass is 14.6. The maximum atomic E-state index is 5.69. The zero-order chi connectivity index (χ0) is 8.74. The van der Waals surface area contributed by atoms with Gasteiger partial charge in [0.2, 0.25) is 0 Å². The molecule has 0 unspecified atom stereocenters. The van der Waals surface area contributed by atoms with Crippen molar-refractivity contribution in [2.45, 2.75) is 26.2 Å². The van der Waals surface area contributed by atoms with E-state index in [2.05, 4.69) is 20.1 Å². The molecule has 0 aromatic carbocycles. The maximum Gasteiger partial charge on any atom is -0.00147 e. The lowest BCUT2D eigenvalue weighted by Gasteiger charge is -2.28. The van der Waals surface area contributed by atoms with E-state index in [4.69, 9.17) is 5.73 Å². The molecule has 0 spiro atoms. The zero-order valence-corrected chi connectivity index (χ0v) is 7.47. The molecule has 0 heterocycles. The predicted octanol–water partition coefficient (Wildman–Crippen LogP) is 2.49. The molecule has 0 fully saturated rings. The van der Waals surface area contributed by atoms with Gasteiger partial charge >= 0.3 is 0 Å². The highest BCUT2D eigenvalue weighted by Crippen LogP contribution is 2.29. The van der Waals surface area contributed by atoms with Crippen molar-refractivity contribution < 1.29 is 0 Å². The third-order valence-electron chi connectivity index (χ3n) is 2.34. The summed E-state index contributed by atoms with van der Waals surface area (Å²) >= 11 is 0. The smallest absolute Gasteiger partial charge is 0.00147 e. The summed E-state index contributed by atoms with van der Waals surface area (Å²) in [7, 11) is 0. The number of hydrogen-bond acceptors (Lipinski definition) is 1. The molecule has 0 aromatic heterocycles. The zero-order valence-electron chi connectivity index (χ0n) is 7.47. The fourth-order valence-electron chi connectivity index (χ4n) is 1.30. The van der Waals surface area contributed by atoms with Gasteiger partial charge in [-0.2, -0.15) is 0 Å². The van der Waals surface area contributed by atoms with Crippen LogP contribution in [-0.2, 0) is 0 Å². The van der Waals surface area contributed by atoms with Crippen LogP contribution in [0.1, 0.15) is 26.2 Å². The van der Waals surface area contributed by atoms with Gasteiger partial charge in [0, 0.05) is 0 Å². The molecule has 0 rings (SSSR count). The van der Waals surface area contributed by atoms with Gasteiger partial charge in [0.25, 0.3) is 0 Å². The summed E-state index contributed by atoms with van der Waals surface area (Å²) in [4.78, 5) is 0. The Balaban J connectivity index is 4.17. The minimum atomic E-state index is 0.226. The molecule has 0 amide bonds. The number of nitrogens with two attached hydrogens (primary N) is 1. The minimum absolute atomic E-state index is 0.226. The SMILES string of the molecule is C=CCC(CC)(CN)CC=C. The molecule has 0 aliphatic heterocycles. The van der Waals surface area contributed by atoms with Crippen molar-refractivity contribution in [3.05, 3.63) is 25.3 Å². The molecule has 0 saturated heterocycles.